The van der Waals surface area contributed by atoms with Crippen molar-refractivity contribution in [2.75, 3.05) is 33.5 Å². The number of hydrogen-bond donors (Lipinski definition) is 1. The first-order valence-corrected chi connectivity index (χ1v) is 5.65. The van der Waals surface area contributed by atoms with Crippen molar-refractivity contribution in [1.29, 1.82) is 0 Å². The summed E-state index contributed by atoms with van der Waals surface area (Å²) < 4.78 is 10.4. The molecule has 2 fully saturated rings. The molecule has 3 nitrogen and oxygen atoms in total. The minimum absolute atomic E-state index is 0.642. The molecular weight excluding hydrogens is 178 g/mol. The van der Waals surface area contributed by atoms with Crippen LogP contribution < -0.4 is 5.32 Å². The van der Waals surface area contributed by atoms with Crippen molar-refractivity contribution in [1.82, 2.24) is 5.32 Å². The first-order chi connectivity index (χ1) is 6.85. The van der Waals surface area contributed by atoms with Gasteiger partial charge in [-0.05, 0) is 31.1 Å². The van der Waals surface area contributed by atoms with E-state index in [-0.39, 0.29) is 0 Å². The fraction of sp³-hybridized carbons (Fsp3) is 1.00. The predicted molar refractivity (Wildman–Crippen MR) is 55.4 cm³/mol. The van der Waals surface area contributed by atoms with Gasteiger partial charge < -0.3 is 14.8 Å². The molecule has 14 heavy (non-hydrogen) atoms. The minimum Gasteiger partial charge on any atom is -0.383 e. The second-order valence-electron chi connectivity index (χ2n) is 4.66. The average Bonchev–Trinajstić information content (AvgIpc) is 2.17. The van der Waals surface area contributed by atoms with Crippen LogP contribution in [0, 0.1) is 5.41 Å². The molecule has 0 amide bonds. The topological polar surface area (TPSA) is 30.5 Å². The molecule has 1 aliphatic heterocycles. The van der Waals surface area contributed by atoms with Crippen LogP contribution in [0.15, 0.2) is 0 Å². The summed E-state index contributed by atoms with van der Waals surface area (Å²) in [6.07, 6.45) is 5.24. The van der Waals surface area contributed by atoms with Crippen LogP contribution in [0.3, 0.4) is 0 Å². The first-order valence-electron chi connectivity index (χ1n) is 5.65. The van der Waals surface area contributed by atoms with Gasteiger partial charge in [0.25, 0.3) is 0 Å². The second-order valence-corrected chi connectivity index (χ2v) is 4.66. The third-order valence-electron chi connectivity index (χ3n) is 3.65. The summed E-state index contributed by atoms with van der Waals surface area (Å²) >= 11 is 0. The van der Waals surface area contributed by atoms with E-state index < -0.39 is 0 Å². The van der Waals surface area contributed by atoms with Gasteiger partial charge in [-0.15, -0.1) is 0 Å². The maximum atomic E-state index is 5.39. The Morgan fingerprint density at radius 3 is 2.71 bits per heavy atom. The summed E-state index contributed by atoms with van der Waals surface area (Å²) in [5.74, 6) is 0. The Morgan fingerprint density at radius 2 is 2.07 bits per heavy atom. The standard InChI is InChI=1S/C11H21NO2/c1-13-7-4-12-10-8-11(9-10)2-5-14-6-3-11/h10,12H,2-9H2,1H3. The van der Waals surface area contributed by atoms with E-state index in [9.17, 15) is 0 Å². The van der Waals surface area contributed by atoms with Crippen LogP contribution in [0.1, 0.15) is 25.7 Å². The van der Waals surface area contributed by atoms with E-state index in [1.807, 2.05) is 0 Å². The summed E-state index contributed by atoms with van der Waals surface area (Å²) in [6.45, 7) is 3.77. The summed E-state index contributed by atoms with van der Waals surface area (Å²) in [6, 6.07) is 0.739. The molecule has 0 aromatic carbocycles. The molecule has 0 unspecified atom stereocenters. The van der Waals surface area contributed by atoms with Crippen molar-refractivity contribution < 1.29 is 9.47 Å². The summed E-state index contributed by atoms with van der Waals surface area (Å²) in [7, 11) is 1.75. The van der Waals surface area contributed by atoms with Crippen molar-refractivity contribution in [2.24, 2.45) is 5.41 Å². The third-order valence-corrected chi connectivity index (χ3v) is 3.65. The second kappa shape index (κ2) is 4.60. The molecule has 0 atom stereocenters. The molecule has 0 radical (unpaired) electrons. The lowest BCUT2D eigenvalue weighted by Crippen LogP contribution is -2.51. The Balaban J connectivity index is 1.62. The van der Waals surface area contributed by atoms with Gasteiger partial charge in [0.15, 0.2) is 0 Å². The van der Waals surface area contributed by atoms with Crippen LogP contribution in [-0.4, -0.2) is 39.5 Å². The Hall–Kier alpha value is -0.120. The van der Waals surface area contributed by atoms with E-state index in [0.29, 0.717) is 5.41 Å². The molecule has 2 aliphatic rings. The molecule has 1 aliphatic carbocycles. The zero-order valence-electron chi connectivity index (χ0n) is 9.05. The SMILES string of the molecule is COCCNC1CC2(CCOCC2)C1. The molecule has 1 N–H and O–H groups in total. The highest BCUT2D eigenvalue weighted by Crippen LogP contribution is 2.48. The van der Waals surface area contributed by atoms with Gasteiger partial charge in [-0.3, -0.25) is 0 Å². The van der Waals surface area contributed by atoms with Gasteiger partial charge in [0.2, 0.25) is 0 Å². The van der Waals surface area contributed by atoms with Gasteiger partial charge in [0.1, 0.15) is 0 Å². The Morgan fingerprint density at radius 1 is 1.36 bits per heavy atom. The van der Waals surface area contributed by atoms with E-state index >= 15 is 0 Å². The van der Waals surface area contributed by atoms with E-state index in [0.717, 1.165) is 32.4 Å². The smallest absolute Gasteiger partial charge is 0.0587 e. The fourth-order valence-corrected chi connectivity index (χ4v) is 2.71. The van der Waals surface area contributed by atoms with Gasteiger partial charge in [-0.1, -0.05) is 0 Å². The number of rotatable bonds is 4. The molecule has 0 aromatic rings. The lowest BCUT2D eigenvalue weighted by Gasteiger charge is -2.50. The normalized spacial score (nSPS) is 26.4. The number of methoxy groups -OCH3 is 1. The van der Waals surface area contributed by atoms with Gasteiger partial charge in [-0.25, -0.2) is 0 Å². The van der Waals surface area contributed by atoms with Crippen LogP contribution >= 0.6 is 0 Å². The molecule has 0 bridgehead atoms. The molecule has 2 rings (SSSR count). The summed E-state index contributed by atoms with van der Waals surface area (Å²) in [4.78, 5) is 0. The van der Waals surface area contributed by atoms with Gasteiger partial charge in [0, 0.05) is 32.9 Å². The first kappa shape index (κ1) is 10.4. The molecule has 3 heteroatoms. The van der Waals surface area contributed by atoms with Crippen molar-refractivity contribution >= 4 is 0 Å². The molecule has 1 heterocycles. The van der Waals surface area contributed by atoms with Crippen molar-refractivity contribution in [3.05, 3.63) is 0 Å². The van der Waals surface area contributed by atoms with Crippen molar-refractivity contribution in [3.8, 4) is 0 Å². The fourth-order valence-electron chi connectivity index (χ4n) is 2.71. The molecule has 1 saturated heterocycles. The lowest BCUT2D eigenvalue weighted by atomic mass is 9.61. The third kappa shape index (κ3) is 2.27. The Bertz CT molecular complexity index is 170. The molecule has 1 saturated carbocycles. The quantitative estimate of drug-likeness (QED) is 0.690. The van der Waals surface area contributed by atoms with Crippen LogP contribution in [0.4, 0.5) is 0 Å². The Labute approximate surface area is 86.2 Å². The zero-order chi connectivity index (χ0) is 9.86. The highest BCUT2D eigenvalue weighted by molar-refractivity contribution is 4.98. The molecule has 1 spiro atoms. The van der Waals surface area contributed by atoms with Gasteiger partial charge in [-0.2, -0.15) is 0 Å². The van der Waals surface area contributed by atoms with Crippen molar-refractivity contribution in [2.45, 2.75) is 31.7 Å². The van der Waals surface area contributed by atoms with Crippen molar-refractivity contribution in [3.63, 3.8) is 0 Å². The van der Waals surface area contributed by atoms with Gasteiger partial charge in [0.05, 0.1) is 6.61 Å². The maximum absolute atomic E-state index is 5.39. The summed E-state index contributed by atoms with van der Waals surface area (Å²) in [5.41, 5.74) is 0.642. The summed E-state index contributed by atoms with van der Waals surface area (Å²) in [5, 5.41) is 3.53. The van der Waals surface area contributed by atoms with Gasteiger partial charge >= 0.3 is 0 Å². The highest BCUT2D eigenvalue weighted by Gasteiger charge is 2.44. The molecule has 82 valence electrons. The Kier molecular flexibility index (Phi) is 3.42. The minimum atomic E-state index is 0.642. The van der Waals surface area contributed by atoms with E-state index in [1.165, 1.54) is 25.7 Å². The van der Waals surface area contributed by atoms with Crippen LogP contribution in [0.25, 0.3) is 0 Å². The lowest BCUT2D eigenvalue weighted by molar-refractivity contribution is -0.0457. The predicted octanol–water partition coefficient (Wildman–Crippen LogP) is 1.18. The van der Waals surface area contributed by atoms with Crippen LogP contribution in [-0.2, 0) is 9.47 Å². The number of nitrogens with one attached hydrogen (secondary N) is 1. The number of hydrogen-bond acceptors (Lipinski definition) is 3. The molecule has 0 aromatic heterocycles. The van der Waals surface area contributed by atoms with E-state index in [2.05, 4.69) is 5.32 Å². The molecular formula is C11H21NO2. The zero-order valence-corrected chi connectivity index (χ0v) is 9.05. The van der Waals surface area contributed by atoms with Crippen LogP contribution in [0.2, 0.25) is 0 Å². The van der Waals surface area contributed by atoms with E-state index in [1.54, 1.807) is 7.11 Å². The van der Waals surface area contributed by atoms with E-state index in [4.69, 9.17) is 9.47 Å². The van der Waals surface area contributed by atoms with Crippen LogP contribution in [0.5, 0.6) is 0 Å². The number of ether oxygens (including phenoxy) is 2. The monoisotopic (exact) mass is 199 g/mol. The highest BCUT2D eigenvalue weighted by atomic mass is 16.5. The maximum Gasteiger partial charge on any atom is 0.0587 e. The average molecular weight is 199 g/mol. The largest absolute Gasteiger partial charge is 0.383 e.